The minimum absolute atomic E-state index is 0.154. The lowest BCUT2D eigenvalue weighted by Gasteiger charge is -2.22. The van der Waals surface area contributed by atoms with Crippen molar-refractivity contribution in [3.05, 3.63) is 35.6 Å². The van der Waals surface area contributed by atoms with Crippen LogP contribution in [0.4, 0.5) is 4.39 Å². The molecule has 1 N–H and O–H groups in total. The zero-order chi connectivity index (χ0) is 13.5. The molecule has 0 unspecified atom stereocenters. The molecule has 0 fully saturated rings. The van der Waals surface area contributed by atoms with Gasteiger partial charge in [-0.15, -0.1) is 0 Å². The van der Waals surface area contributed by atoms with E-state index in [1.54, 1.807) is 12.1 Å². The van der Waals surface area contributed by atoms with E-state index in [2.05, 4.69) is 33.0 Å². The number of hydrogen-bond donors (Lipinski definition) is 1. The van der Waals surface area contributed by atoms with Gasteiger partial charge in [0.05, 0.1) is 0 Å². The number of halogens is 1. The fraction of sp³-hybridized carbons (Fsp3) is 0.625. The molecular weight excluding hydrogens is 225 g/mol. The summed E-state index contributed by atoms with van der Waals surface area (Å²) in [7, 11) is 0. The maximum Gasteiger partial charge on any atom is 0.123 e. The van der Waals surface area contributed by atoms with E-state index in [1.165, 1.54) is 18.9 Å². The zero-order valence-corrected chi connectivity index (χ0v) is 12.0. The van der Waals surface area contributed by atoms with E-state index in [0.717, 1.165) is 12.1 Å². The molecule has 0 amide bonds. The lowest BCUT2D eigenvalue weighted by atomic mass is 9.95. The minimum Gasteiger partial charge on any atom is -0.310 e. The summed E-state index contributed by atoms with van der Waals surface area (Å²) < 4.78 is 13.1. The van der Waals surface area contributed by atoms with E-state index >= 15 is 0 Å². The van der Waals surface area contributed by atoms with Crippen LogP contribution in [0, 0.1) is 17.7 Å². The van der Waals surface area contributed by atoms with Crippen LogP contribution in [0.25, 0.3) is 0 Å². The highest BCUT2D eigenvalue weighted by Crippen LogP contribution is 2.14. The maximum absolute atomic E-state index is 13.1. The van der Waals surface area contributed by atoms with Gasteiger partial charge in [-0.25, -0.2) is 4.39 Å². The summed E-state index contributed by atoms with van der Waals surface area (Å²) in [5, 5.41) is 3.56. The third-order valence-electron chi connectivity index (χ3n) is 3.00. The molecule has 0 aromatic heterocycles. The van der Waals surface area contributed by atoms with E-state index in [-0.39, 0.29) is 5.82 Å². The molecule has 0 atom stereocenters. The second-order valence-corrected chi connectivity index (χ2v) is 5.97. The second-order valence-electron chi connectivity index (χ2n) is 5.97. The number of rotatable bonds is 7. The molecule has 0 aliphatic rings. The quantitative estimate of drug-likeness (QED) is 0.758. The van der Waals surface area contributed by atoms with Crippen LogP contribution in [0.2, 0.25) is 0 Å². The molecule has 102 valence electrons. The molecule has 1 rings (SSSR count). The molecule has 0 bridgehead atoms. The molecule has 1 nitrogen and oxygen atoms in total. The van der Waals surface area contributed by atoms with Gasteiger partial charge in [-0.3, -0.25) is 0 Å². The Morgan fingerprint density at radius 3 is 2.17 bits per heavy atom. The Hall–Kier alpha value is -0.890. The van der Waals surface area contributed by atoms with Crippen molar-refractivity contribution in [1.29, 1.82) is 0 Å². The van der Waals surface area contributed by atoms with Crippen molar-refractivity contribution < 1.29 is 4.39 Å². The van der Waals surface area contributed by atoms with Crippen LogP contribution in [-0.2, 0) is 6.54 Å². The first-order chi connectivity index (χ1) is 8.47. The summed E-state index contributed by atoms with van der Waals surface area (Å²) in [4.78, 5) is 0. The minimum atomic E-state index is -0.154. The molecule has 0 heterocycles. The summed E-state index contributed by atoms with van der Waals surface area (Å²) in [6, 6.07) is 7.36. The molecule has 1 aromatic carbocycles. The third kappa shape index (κ3) is 6.15. The van der Waals surface area contributed by atoms with Gasteiger partial charge in [0.25, 0.3) is 0 Å². The van der Waals surface area contributed by atoms with Crippen LogP contribution in [0.5, 0.6) is 0 Å². The molecular formula is C16H26FN. The molecule has 1 aromatic rings. The van der Waals surface area contributed by atoms with Gasteiger partial charge in [0.15, 0.2) is 0 Å². The van der Waals surface area contributed by atoms with Crippen molar-refractivity contribution in [2.24, 2.45) is 11.8 Å². The predicted octanol–water partition coefficient (Wildman–Crippen LogP) is 4.38. The van der Waals surface area contributed by atoms with E-state index in [4.69, 9.17) is 0 Å². The lowest BCUT2D eigenvalue weighted by Crippen LogP contribution is -2.31. The normalized spacial score (nSPS) is 11.8. The van der Waals surface area contributed by atoms with Gasteiger partial charge in [-0.05, 0) is 42.4 Å². The Balaban J connectivity index is 2.50. The first kappa shape index (κ1) is 15.2. The Morgan fingerprint density at radius 2 is 1.67 bits per heavy atom. The zero-order valence-electron chi connectivity index (χ0n) is 12.0. The molecule has 0 saturated carbocycles. The molecule has 0 aliphatic carbocycles. The molecule has 18 heavy (non-hydrogen) atoms. The molecule has 0 saturated heterocycles. The van der Waals surface area contributed by atoms with Gasteiger partial charge in [-0.2, -0.15) is 0 Å². The van der Waals surface area contributed by atoms with Crippen molar-refractivity contribution in [2.45, 2.75) is 53.1 Å². The fourth-order valence-corrected chi connectivity index (χ4v) is 2.31. The van der Waals surface area contributed by atoms with Crippen molar-refractivity contribution in [3.8, 4) is 0 Å². The summed E-state index contributed by atoms with van der Waals surface area (Å²) in [6.07, 6.45) is 2.35. The first-order valence-corrected chi connectivity index (χ1v) is 6.95. The van der Waals surface area contributed by atoms with Crippen molar-refractivity contribution in [1.82, 2.24) is 5.32 Å². The average molecular weight is 251 g/mol. The molecule has 0 spiro atoms. The summed E-state index contributed by atoms with van der Waals surface area (Å²) in [5.41, 5.74) is 1.02. The van der Waals surface area contributed by atoms with Gasteiger partial charge in [0, 0.05) is 12.6 Å². The SMILES string of the molecule is CC(C)CC(CC(C)C)NCc1cccc(F)c1. The molecule has 0 aliphatic heterocycles. The van der Waals surface area contributed by atoms with Gasteiger partial charge in [0.1, 0.15) is 5.82 Å². The maximum atomic E-state index is 13.1. The van der Waals surface area contributed by atoms with Gasteiger partial charge in [-0.1, -0.05) is 39.8 Å². The highest BCUT2D eigenvalue weighted by Gasteiger charge is 2.12. The van der Waals surface area contributed by atoms with E-state index in [1.807, 2.05) is 6.07 Å². The van der Waals surface area contributed by atoms with Gasteiger partial charge >= 0.3 is 0 Å². The van der Waals surface area contributed by atoms with Crippen LogP contribution in [0.15, 0.2) is 24.3 Å². The largest absolute Gasteiger partial charge is 0.310 e. The Morgan fingerprint density at radius 1 is 1.06 bits per heavy atom. The topological polar surface area (TPSA) is 12.0 Å². The Bertz CT molecular complexity index is 337. The molecule has 2 heteroatoms. The standard InChI is InChI=1S/C16H26FN/c1-12(2)8-16(9-13(3)4)18-11-14-6-5-7-15(17)10-14/h5-7,10,12-13,16,18H,8-9,11H2,1-4H3. The van der Waals surface area contributed by atoms with Crippen LogP contribution in [-0.4, -0.2) is 6.04 Å². The number of benzene rings is 1. The van der Waals surface area contributed by atoms with E-state index in [9.17, 15) is 4.39 Å². The number of hydrogen-bond acceptors (Lipinski definition) is 1. The first-order valence-electron chi connectivity index (χ1n) is 6.95. The van der Waals surface area contributed by atoms with Crippen molar-refractivity contribution in [2.75, 3.05) is 0 Å². The second kappa shape index (κ2) is 7.52. The summed E-state index contributed by atoms with van der Waals surface area (Å²) in [5.74, 6) is 1.22. The van der Waals surface area contributed by atoms with E-state index in [0.29, 0.717) is 17.9 Å². The van der Waals surface area contributed by atoms with E-state index < -0.39 is 0 Å². The smallest absolute Gasteiger partial charge is 0.123 e. The van der Waals surface area contributed by atoms with Crippen LogP contribution >= 0.6 is 0 Å². The predicted molar refractivity (Wildman–Crippen MR) is 75.9 cm³/mol. The van der Waals surface area contributed by atoms with Crippen LogP contribution in [0.3, 0.4) is 0 Å². The summed E-state index contributed by atoms with van der Waals surface area (Å²) >= 11 is 0. The van der Waals surface area contributed by atoms with Gasteiger partial charge in [0.2, 0.25) is 0 Å². The van der Waals surface area contributed by atoms with Crippen LogP contribution in [0.1, 0.15) is 46.1 Å². The fourth-order valence-electron chi connectivity index (χ4n) is 2.31. The number of nitrogens with one attached hydrogen (secondary N) is 1. The van der Waals surface area contributed by atoms with Crippen LogP contribution < -0.4 is 5.32 Å². The Kier molecular flexibility index (Phi) is 6.34. The highest BCUT2D eigenvalue weighted by atomic mass is 19.1. The van der Waals surface area contributed by atoms with Crippen molar-refractivity contribution >= 4 is 0 Å². The monoisotopic (exact) mass is 251 g/mol. The Labute approximate surface area is 111 Å². The summed E-state index contributed by atoms with van der Waals surface area (Å²) in [6.45, 7) is 9.74. The average Bonchev–Trinajstić information content (AvgIpc) is 2.24. The molecule has 0 radical (unpaired) electrons. The van der Waals surface area contributed by atoms with Gasteiger partial charge < -0.3 is 5.32 Å². The van der Waals surface area contributed by atoms with Crippen molar-refractivity contribution in [3.63, 3.8) is 0 Å². The highest BCUT2D eigenvalue weighted by molar-refractivity contribution is 5.16. The third-order valence-corrected chi connectivity index (χ3v) is 3.00. The lowest BCUT2D eigenvalue weighted by molar-refractivity contribution is 0.358.